The molecule has 5 aromatic rings. The molecule has 0 spiro atoms. The summed E-state index contributed by atoms with van der Waals surface area (Å²) >= 11 is 0. The van der Waals surface area contributed by atoms with Gasteiger partial charge in [-0.1, -0.05) is 110 Å². The Hall–Kier alpha value is -4.24. The molecule has 0 unspecified atom stereocenters. The topological polar surface area (TPSA) is 6.48 Å². The van der Waals surface area contributed by atoms with Crippen molar-refractivity contribution >= 4 is 46.2 Å². The maximum Gasteiger partial charge on any atom is 0.333 e. The van der Waals surface area contributed by atoms with Gasteiger partial charge in [-0.3, -0.25) is 0 Å². The minimum atomic E-state index is 0.0364. The van der Waals surface area contributed by atoms with Crippen LogP contribution >= 0.6 is 0 Å². The number of benzene rings is 5. The molecule has 0 N–H and O–H groups in total. The number of hydrogen-bond acceptors (Lipinski definition) is 2. The number of aryl methyl sites for hydroxylation is 1. The largest absolute Gasteiger partial charge is 0.376 e. The van der Waals surface area contributed by atoms with Gasteiger partial charge >= 0.3 is 6.85 Å². The summed E-state index contributed by atoms with van der Waals surface area (Å²) in [7, 11) is 0. The van der Waals surface area contributed by atoms with Crippen LogP contribution in [0.3, 0.4) is 0 Å². The molecule has 0 fully saturated rings. The van der Waals surface area contributed by atoms with Gasteiger partial charge in [-0.05, 0) is 141 Å². The fraction of sp³-hybridized carbons (Fsp3) is 0.362. The third-order valence-electron chi connectivity index (χ3n) is 13.2. The van der Waals surface area contributed by atoms with Gasteiger partial charge in [-0.25, -0.2) is 0 Å². The summed E-state index contributed by atoms with van der Waals surface area (Å²) in [5.41, 5.74) is 19.8. The molecule has 50 heavy (non-hydrogen) atoms. The molecule has 0 aromatic heterocycles. The van der Waals surface area contributed by atoms with E-state index in [1.165, 1.54) is 104 Å². The van der Waals surface area contributed by atoms with E-state index in [1.54, 1.807) is 0 Å². The predicted molar refractivity (Wildman–Crippen MR) is 215 cm³/mol. The molecule has 0 saturated heterocycles. The standard InChI is InChI=1S/C47H51BN2/c1-30-25-34-33-17-13-14-18-40(33)50(32-19-20-35-36(27-32)45(4,5)22-21-44(35,2)3)48-39-28-37-38(47(8,9)24-23-46(37,6)7)29-41(39)49(42(26-30)43(34)48)31-15-11-10-12-16-31/h10-20,25-29H,21-24H2,1-9H3. The van der Waals surface area contributed by atoms with E-state index in [-0.39, 0.29) is 28.5 Å². The molecule has 0 amide bonds. The summed E-state index contributed by atoms with van der Waals surface area (Å²) in [6.07, 6.45) is 4.81. The second kappa shape index (κ2) is 10.4. The lowest BCUT2D eigenvalue weighted by Crippen LogP contribution is -2.62. The van der Waals surface area contributed by atoms with E-state index in [1.807, 2.05) is 0 Å². The number of anilines is 5. The Morgan fingerprint density at radius 1 is 0.480 bits per heavy atom. The first-order valence-corrected chi connectivity index (χ1v) is 18.9. The number of para-hydroxylation sites is 2. The van der Waals surface area contributed by atoms with Crippen LogP contribution in [-0.4, -0.2) is 6.85 Å². The van der Waals surface area contributed by atoms with Crippen molar-refractivity contribution in [3.05, 3.63) is 125 Å². The van der Waals surface area contributed by atoms with Gasteiger partial charge in [-0.2, -0.15) is 0 Å². The van der Waals surface area contributed by atoms with E-state index in [2.05, 4.69) is 169 Å². The van der Waals surface area contributed by atoms with Gasteiger partial charge in [0.1, 0.15) is 0 Å². The number of fused-ring (bicyclic) bond motifs is 6. The summed E-state index contributed by atoms with van der Waals surface area (Å²) in [4.78, 5) is 5.29. The van der Waals surface area contributed by atoms with Crippen LogP contribution in [0.2, 0.25) is 0 Å². The molecule has 2 aliphatic carbocycles. The van der Waals surface area contributed by atoms with Crippen molar-refractivity contribution in [2.45, 2.75) is 110 Å². The van der Waals surface area contributed by atoms with E-state index in [9.17, 15) is 0 Å². The molecule has 0 radical (unpaired) electrons. The minimum Gasteiger partial charge on any atom is -0.376 e. The lowest BCUT2D eigenvalue weighted by Gasteiger charge is -2.49. The Labute approximate surface area is 300 Å². The first-order chi connectivity index (χ1) is 23.7. The minimum absolute atomic E-state index is 0.0364. The number of hydrogen-bond donors (Lipinski definition) is 0. The Kier molecular flexibility index (Phi) is 6.60. The highest BCUT2D eigenvalue weighted by Gasteiger charge is 2.48. The molecule has 2 heterocycles. The van der Waals surface area contributed by atoms with Gasteiger partial charge in [0.2, 0.25) is 0 Å². The van der Waals surface area contributed by atoms with Crippen molar-refractivity contribution in [2.24, 2.45) is 0 Å². The average molecular weight is 655 g/mol. The van der Waals surface area contributed by atoms with Crippen LogP contribution in [-0.2, 0) is 21.7 Å². The van der Waals surface area contributed by atoms with Gasteiger partial charge in [-0.15, -0.1) is 0 Å². The summed E-state index contributed by atoms with van der Waals surface area (Å²) < 4.78 is 0. The predicted octanol–water partition coefficient (Wildman–Crippen LogP) is 11.4. The van der Waals surface area contributed by atoms with Crippen molar-refractivity contribution < 1.29 is 0 Å². The molecule has 0 bridgehead atoms. The second-order valence-electron chi connectivity index (χ2n) is 18.4. The molecular weight excluding hydrogens is 603 g/mol. The van der Waals surface area contributed by atoms with Crippen molar-refractivity contribution in [2.75, 3.05) is 9.71 Å². The van der Waals surface area contributed by atoms with E-state index >= 15 is 0 Å². The zero-order valence-electron chi connectivity index (χ0n) is 31.5. The van der Waals surface area contributed by atoms with Crippen LogP contribution in [0.25, 0.3) is 11.1 Å². The highest BCUT2D eigenvalue weighted by Crippen LogP contribution is 2.52. The van der Waals surface area contributed by atoms with Crippen molar-refractivity contribution in [3.8, 4) is 11.1 Å². The summed E-state index contributed by atoms with van der Waals surface area (Å²) in [5.74, 6) is 0. The van der Waals surface area contributed by atoms with E-state index in [4.69, 9.17) is 0 Å². The van der Waals surface area contributed by atoms with Crippen molar-refractivity contribution in [3.63, 3.8) is 0 Å². The Bertz CT molecular complexity index is 2200. The molecule has 0 atom stereocenters. The number of nitrogens with zero attached hydrogens (tertiary/aromatic N) is 2. The fourth-order valence-corrected chi connectivity index (χ4v) is 9.98. The SMILES string of the molecule is Cc1cc2c3c(c1)N(c1ccccc1)c1cc4c(cc1B3N(c1ccc3c(c1)C(C)(C)CCC3(C)C)c1ccccc1-2)C(C)(C)CCC4(C)C. The maximum atomic E-state index is 2.71. The monoisotopic (exact) mass is 654 g/mol. The molecule has 252 valence electrons. The van der Waals surface area contributed by atoms with Crippen LogP contribution in [0, 0.1) is 6.92 Å². The third-order valence-corrected chi connectivity index (χ3v) is 13.2. The molecule has 0 saturated carbocycles. The normalized spacial score (nSPS) is 19.9. The highest BCUT2D eigenvalue weighted by atomic mass is 15.2. The molecule has 2 nitrogen and oxygen atoms in total. The third kappa shape index (κ3) is 4.47. The first kappa shape index (κ1) is 31.7. The van der Waals surface area contributed by atoms with Crippen LogP contribution in [0.1, 0.15) is 109 Å². The second-order valence-corrected chi connectivity index (χ2v) is 18.4. The molecular formula is C47H51BN2. The van der Waals surface area contributed by atoms with Gasteiger partial charge < -0.3 is 9.71 Å². The zero-order valence-corrected chi connectivity index (χ0v) is 31.5. The zero-order chi connectivity index (χ0) is 35.0. The Balaban J connectivity index is 1.40. The Morgan fingerprint density at radius 3 is 1.74 bits per heavy atom. The van der Waals surface area contributed by atoms with Gasteiger partial charge in [0.25, 0.3) is 0 Å². The summed E-state index contributed by atoms with van der Waals surface area (Å²) in [5, 5.41) is 0. The van der Waals surface area contributed by atoms with Crippen molar-refractivity contribution in [1.29, 1.82) is 0 Å². The molecule has 2 aliphatic heterocycles. The first-order valence-electron chi connectivity index (χ1n) is 18.9. The molecule has 5 aromatic carbocycles. The van der Waals surface area contributed by atoms with E-state index in [0.29, 0.717) is 0 Å². The molecule has 9 rings (SSSR count). The van der Waals surface area contributed by atoms with Crippen LogP contribution < -0.4 is 20.6 Å². The smallest absolute Gasteiger partial charge is 0.333 e. The lowest BCUT2D eigenvalue weighted by molar-refractivity contribution is 0.332. The highest BCUT2D eigenvalue weighted by molar-refractivity contribution is 6.93. The van der Waals surface area contributed by atoms with Gasteiger partial charge in [0.05, 0.1) is 0 Å². The molecule has 3 heteroatoms. The van der Waals surface area contributed by atoms with Crippen LogP contribution in [0.5, 0.6) is 0 Å². The number of rotatable bonds is 2. The van der Waals surface area contributed by atoms with Crippen LogP contribution in [0.4, 0.5) is 28.4 Å². The van der Waals surface area contributed by atoms with E-state index in [0.717, 1.165) is 0 Å². The maximum absolute atomic E-state index is 2.71. The van der Waals surface area contributed by atoms with E-state index < -0.39 is 0 Å². The van der Waals surface area contributed by atoms with Gasteiger partial charge in [0.15, 0.2) is 0 Å². The van der Waals surface area contributed by atoms with Gasteiger partial charge in [0, 0.05) is 34.0 Å². The summed E-state index contributed by atoms with van der Waals surface area (Å²) in [6, 6.07) is 37.9. The lowest BCUT2D eigenvalue weighted by atomic mass is 9.42. The Morgan fingerprint density at radius 2 is 1.06 bits per heavy atom. The van der Waals surface area contributed by atoms with Crippen LogP contribution in [0.15, 0.2) is 97.1 Å². The quantitative estimate of drug-likeness (QED) is 0.175. The summed E-state index contributed by atoms with van der Waals surface area (Å²) in [6.45, 7) is 21.9. The fourth-order valence-electron chi connectivity index (χ4n) is 9.98. The van der Waals surface area contributed by atoms with Crippen molar-refractivity contribution in [1.82, 2.24) is 0 Å². The average Bonchev–Trinajstić information content (AvgIpc) is 3.09. The molecule has 4 aliphatic rings.